The van der Waals surface area contributed by atoms with E-state index in [0.29, 0.717) is 6.04 Å². The Hall–Kier alpha value is -1.31. The smallest absolute Gasteiger partial charge is 0.110 e. The number of imidazole rings is 1. The molecule has 1 aromatic carbocycles. The van der Waals surface area contributed by atoms with Gasteiger partial charge in [0.15, 0.2) is 0 Å². The Morgan fingerprint density at radius 3 is 2.55 bits per heavy atom. The topological polar surface area (TPSA) is 17.8 Å². The Kier molecular flexibility index (Phi) is 4.09. The van der Waals surface area contributed by atoms with Gasteiger partial charge in [-0.3, -0.25) is 0 Å². The molecule has 1 heterocycles. The average molecular weight is 270 g/mol. The van der Waals surface area contributed by atoms with Crippen LogP contribution in [0.15, 0.2) is 24.3 Å². The van der Waals surface area contributed by atoms with Crippen LogP contribution in [0.5, 0.6) is 0 Å². The van der Waals surface area contributed by atoms with Crippen molar-refractivity contribution in [3.63, 3.8) is 0 Å². The van der Waals surface area contributed by atoms with E-state index < -0.39 is 0 Å². The van der Waals surface area contributed by atoms with Crippen molar-refractivity contribution >= 4 is 11.0 Å². The average Bonchev–Trinajstić information content (AvgIpc) is 3.09. The van der Waals surface area contributed by atoms with Crippen LogP contribution < -0.4 is 0 Å². The van der Waals surface area contributed by atoms with E-state index in [9.17, 15) is 0 Å². The molecule has 1 saturated carbocycles. The lowest BCUT2D eigenvalue weighted by Gasteiger charge is -2.20. The minimum Gasteiger partial charge on any atom is -0.325 e. The first-order valence-corrected chi connectivity index (χ1v) is 8.29. The zero-order chi connectivity index (χ0) is 13.9. The Bertz CT molecular complexity index is 560. The van der Waals surface area contributed by atoms with Gasteiger partial charge in [-0.2, -0.15) is 0 Å². The maximum Gasteiger partial charge on any atom is 0.110 e. The van der Waals surface area contributed by atoms with Crippen LogP contribution in [0.4, 0.5) is 0 Å². The van der Waals surface area contributed by atoms with Gasteiger partial charge in [0.1, 0.15) is 5.82 Å². The molecule has 1 aromatic heterocycles. The van der Waals surface area contributed by atoms with Gasteiger partial charge >= 0.3 is 0 Å². The van der Waals surface area contributed by atoms with Crippen molar-refractivity contribution < 1.29 is 0 Å². The van der Waals surface area contributed by atoms with Gasteiger partial charge in [0.05, 0.1) is 11.0 Å². The monoisotopic (exact) mass is 270 g/mol. The van der Waals surface area contributed by atoms with E-state index in [1.807, 2.05) is 0 Å². The first-order chi connectivity index (χ1) is 9.83. The lowest BCUT2D eigenvalue weighted by Crippen LogP contribution is -2.13. The fraction of sp³-hybridized carbons (Fsp3) is 0.611. The predicted molar refractivity (Wildman–Crippen MR) is 85.0 cm³/mol. The second kappa shape index (κ2) is 5.99. The molecule has 2 heteroatoms. The van der Waals surface area contributed by atoms with Crippen LogP contribution in [0.1, 0.15) is 64.2 Å². The van der Waals surface area contributed by atoms with Crippen LogP contribution in [0.25, 0.3) is 11.0 Å². The van der Waals surface area contributed by atoms with Crippen LogP contribution in [0.3, 0.4) is 0 Å². The van der Waals surface area contributed by atoms with Gasteiger partial charge in [0.2, 0.25) is 0 Å². The summed E-state index contributed by atoms with van der Waals surface area (Å²) >= 11 is 0. The summed E-state index contributed by atoms with van der Waals surface area (Å²) in [5, 5.41) is 0. The van der Waals surface area contributed by atoms with Crippen molar-refractivity contribution in [1.29, 1.82) is 0 Å². The van der Waals surface area contributed by atoms with Crippen molar-refractivity contribution in [2.45, 2.75) is 64.8 Å². The van der Waals surface area contributed by atoms with Gasteiger partial charge < -0.3 is 4.57 Å². The van der Waals surface area contributed by atoms with E-state index >= 15 is 0 Å². The van der Waals surface area contributed by atoms with E-state index in [0.717, 1.165) is 5.92 Å². The van der Waals surface area contributed by atoms with Crippen molar-refractivity contribution in [2.24, 2.45) is 5.92 Å². The summed E-state index contributed by atoms with van der Waals surface area (Å²) in [7, 11) is 0. The van der Waals surface area contributed by atoms with Crippen molar-refractivity contribution in [1.82, 2.24) is 9.55 Å². The Balaban J connectivity index is 2.01. The number of nitrogens with zero attached hydrogens (tertiary/aromatic N) is 2. The maximum absolute atomic E-state index is 4.96. The SMILES string of the molecule is CCC(CC)n1c(CC2CCCC2)nc2ccccc21. The molecule has 1 aliphatic rings. The molecule has 0 atom stereocenters. The Labute approximate surface area is 122 Å². The third-order valence-corrected chi connectivity index (χ3v) is 4.92. The van der Waals surface area contributed by atoms with Gasteiger partial charge in [0.25, 0.3) is 0 Å². The predicted octanol–water partition coefficient (Wildman–Crippen LogP) is 5.13. The van der Waals surface area contributed by atoms with E-state index in [1.54, 1.807) is 0 Å². The Morgan fingerprint density at radius 2 is 1.85 bits per heavy atom. The molecular formula is C18H26N2. The summed E-state index contributed by atoms with van der Waals surface area (Å²) in [6, 6.07) is 9.23. The summed E-state index contributed by atoms with van der Waals surface area (Å²) < 4.78 is 2.54. The van der Waals surface area contributed by atoms with E-state index in [1.165, 1.54) is 61.8 Å². The zero-order valence-electron chi connectivity index (χ0n) is 12.8. The normalized spacial score (nSPS) is 16.6. The minimum absolute atomic E-state index is 0.596. The molecule has 108 valence electrons. The van der Waals surface area contributed by atoms with Crippen molar-refractivity contribution in [2.75, 3.05) is 0 Å². The molecule has 3 rings (SSSR count). The van der Waals surface area contributed by atoms with Gasteiger partial charge in [-0.15, -0.1) is 0 Å². The van der Waals surface area contributed by atoms with Gasteiger partial charge in [0, 0.05) is 12.5 Å². The van der Waals surface area contributed by atoms with E-state index in [-0.39, 0.29) is 0 Å². The standard InChI is InChI=1S/C18H26N2/c1-3-15(4-2)20-17-12-8-7-11-16(17)19-18(20)13-14-9-5-6-10-14/h7-8,11-12,14-15H,3-6,9-10,13H2,1-2H3. The highest BCUT2D eigenvalue weighted by Gasteiger charge is 2.21. The third kappa shape index (κ3) is 2.48. The summed E-state index contributed by atoms with van der Waals surface area (Å²) in [6.45, 7) is 4.59. The number of aromatic nitrogens is 2. The Morgan fingerprint density at radius 1 is 1.15 bits per heavy atom. The highest BCUT2D eigenvalue weighted by molar-refractivity contribution is 5.76. The number of para-hydroxylation sites is 2. The maximum atomic E-state index is 4.96. The molecule has 0 bridgehead atoms. The first kappa shape index (κ1) is 13.7. The second-order valence-electron chi connectivity index (χ2n) is 6.21. The molecule has 0 radical (unpaired) electrons. The highest BCUT2D eigenvalue weighted by atomic mass is 15.1. The highest BCUT2D eigenvalue weighted by Crippen LogP contribution is 2.31. The van der Waals surface area contributed by atoms with Crippen LogP contribution in [0.2, 0.25) is 0 Å². The molecule has 0 N–H and O–H groups in total. The lowest BCUT2D eigenvalue weighted by atomic mass is 10.0. The molecule has 1 aliphatic carbocycles. The molecule has 0 amide bonds. The number of benzene rings is 1. The molecule has 0 spiro atoms. The zero-order valence-corrected chi connectivity index (χ0v) is 12.8. The fourth-order valence-corrected chi connectivity index (χ4v) is 3.77. The largest absolute Gasteiger partial charge is 0.325 e. The lowest BCUT2D eigenvalue weighted by molar-refractivity contribution is 0.441. The quantitative estimate of drug-likeness (QED) is 0.736. The van der Waals surface area contributed by atoms with Crippen LogP contribution in [-0.2, 0) is 6.42 Å². The molecule has 1 fully saturated rings. The summed E-state index contributed by atoms with van der Waals surface area (Å²) in [6.07, 6.45) is 9.16. The van der Waals surface area contributed by atoms with E-state index in [2.05, 4.69) is 42.7 Å². The van der Waals surface area contributed by atoms with Gasteiger partial charge in [-0.25, -0.2) is 4.98 Å². The van der Waals surface area contributed by atoms with Crippen LogP contribution in [-0.4, -0.2) is 9.55 Å². The van der Waals surface area contributed by atoms with Crippen LogP contribution >= 0.6 is 0 Å². The number of rotatable bonds is 5. The number of hydrogen-bond donors (Lipinski definition) is 0. The summed E-state index contributed by atoms with van der Waals surface area (Å²) in [4.78, 5) is 4.96. The fourth-order valence-electron chi connectivity index (χ4n) is 3.77. The molecule has 0 unspecified atom stereocenters. The van der Waals surface area contributed by atoms with Crippen molar-refractivity contribution in [3.8, 4) is 0 Å². The summed E-state index contributed by atoms with van der Waals surface area (Å²) in [5.74, 6) is 2.19. The molecule has 0 saturated heterocycles. The van der Waals surface area contributed by atoms with Gasteiger partial charge in [-0.05, 0) is 30.9 Å². The molecule has 2 aromatic rings. The number of hydrogen-bond acceptors (Lipinski definition) is 1. The molecular weight excluding hydrogens is 244 g/mol. The van der Waals surface area contributed by atoms with Gasteiger partial charge in [-0.1, -0.05) is 51.7 Å². The molecule has 20 heavy (non-hydrogen) atoms. The minimum atomic E-state index is 0.596. The second-order valence-corrected chi connectivity index (χ2v) is 6.21. The van der Waals surface area contributed by atoms with Crippen LogP contribution in [0, 0.1) is 5.92 Å². The first-order valence-electron chi connectivity index (χ1n) is 8.29. The molecule has 2 nitrogen and oxygen atoms in total. The number of fused-ring (bicyclic) bond motifs is 1. The molecule has 0 aliphatic heterocycles. The summed E-state index contributed by atoms with van der Waals surface area (Å²) in [5.41, 5.74) is 2.50. The third-order valence-electron chi connectivity index (χ3n) is 4.92. The van der Waals surface area contributed by atoms with E-state index in [4.69, 9.17) is 4.98 Å². The van der Waals surface area contributed by atoms with Crippen molar-refractivity contribution in [3.05, 3.63) is 30.1 Å².